The number of fused-ring (bicyclic) bond motifs is 1. The third-order valence-corrected chi connectivity index (χ3v) is 8.68. The van der Waals surface area contributed by atoms with E-state index in [9.17, 15) is 4.79 Å². The number of morpholine rings is 1. The molecule has 1 aliphatic carbocycles. The summed E-state index contributed by atoms with van der Waals surface area (Å²) in [6, 6.07) is 13.1. The molecule has 1 spiro atoms. The number of rotatable bonds is 3. The summed E-state index contributed by atoms with van der Waals surface area (Å²) in [6.07, 6.45) is 8.58. The summed E-state index contributed by atoms with van der Waals surface area (Å²) in [7, 11) is 0. The van der Waals surface area contributed by atoms with Crippen LogP contribution in [-0.2, 0) is 11.2 Å². The third kappa shape index (κ3) is 4.23. The van der Waals surface area contributed by atoms with Crippen molar-refractivity contribution >= 4 is 17.5 Å². The Morgan fingerprint density at radius 2 is 1.68 bits per heavy atom. The van der Waals surface area contributed by atoms with Gasteiger partial charge in [-0.15, -0.1) is 0 Å². The van der Waals surface area contributed by atoms with Crippen LogP contribution in [0.1, 0.15) is 54.4 Å². The van der Waals surface area contributed by atoms with Crippen LogP contribution in [0.25, 0.3) is 11.1 Å². The van der Waals surface area contributed by atoms with Crippen LogP contribution < -0.4 is 4.74 Å². The van der Waals surface area contributed by atoms with E-state index < -0.39 is 0 Å². The van der Waals surface area contributed by atoms with Crippen LogP contribution in [0.3, 0.4) is 0 Å². The summed E-state index contributed by atoms with van der Waals surface area (Å²) in [5, 5.41) is 0.500. The van der Waals surface area contributed by atoms with Gasteiger partial charge in [-0.3, -0.25) is 4.79 Å². The van der Waals surface area contributed by atoms with Gasteiger partial charge in [0.15, 0.2) is 0 Å². The minimum absolute atomic E-state index is 0.0135. The maximum absolute atomic E-state index is 12.9. The molecule has 0 N–H and O–H groups in total. The number of likely N-dealkylation sites (tertiary alicyclic amines) is 1. The number of benzene rings is 2. The van der Waals surface area contributed by atoms with Crippen molar-refractivity contribution in [2.75, 3.05) is 39.4 Å². The quantitative estimate of drug-likeness (QED) is 0.606. The molecule has 3 fully saturated rings. The van der Waals surface area contributed by atoms with E-state index in [0.717, 1.165) is 48.6 Å². The Morgan fingerprint density at radius 3 is 2.38 bits per heavy atom. The molecule has 1 amide bonds. The average molecular weight is 481 g/mol. The molecular weight excluding hydrogens is 448 g/mol. The molecule has 4 aliphatic rings. The molecule has 0 unspecified atom stereocenters. The van der Waals surface area contributed by atoms with Crippen molar-refractivity contribution in [1.82, 2.24) is 9.80 Å². The van der Waals surface area contributed by atoms with Crippen molar-refractivity contribution in [1.29, 1.82) is 0 Å². The lowest BCUT2D eigenvalue weighted by atomic mass is 9.81. The molecule has 0 atom stereocenters. The van der Waals surface area contributed by atoms with Crippen molar-refractivity contribution in [2.24, 2.45) is 0 Å². The minimum Gasteiger partial charge on any atom is -0.487 e. The van der Waals surface area contributed by atoms with Crippen LogP contribution in [0.5, 0.6) is 5.75 Å². The predicted octanol–water partition coefficient (Wildman–Crippen LogP) is 5.19. The molecule has 180 valence electrons. The molecule has 3 aliphatic heterocycles. The molecule has 6 heteroatoms. The summed E-state index contributed by atoms with van der Waals surface area (Å²) in [5.41, 5.74) is 3.99. The summed E-state index contributed by atoms with van der Waals surface area (Å²) in [6.45, 7) is 4.74. The molecule has 0 aromatic heterocycles. The molecule has 5 nitrogen and oxygen atoms in total. The number of carbonyl (C=O) groups is 1. The van der Waals surface area contributed by atoms with Crippen molar-refractivity contribution in [2.45, 2.75) is 56.6 Å². The number of nitrogens with zero attached hydrogens (tertiary/aromatic N) is 2. The monoisotopic (exact) mass is 480 g/mol. The van der Waals surface area contributed by atoms with Gasteiger partial charge in [0.1, 0.15) is 11.4 Å². The Bertz CT molecular complexity index is 1070. The van der Waals surface area contributed by atoms with Gasteiger partial charge >= 0.3 is 0 Å². The molecule has 0 bridgehead atoms. The van der Waals surface area contributed by atoms with Crippen LogP contribution in [0.15, 0.2) is 36.4 Å². The van der Waals surface area contributed by atoms with Gasteiger partial charge in [-0.25, -0.2) is 0 Å². The molecule has 2 saturated heterocycles. The summed E-state index contributed by atoms with van der Waals surface area (Å²) in [4.78, 5) is 17.4. The van der Waals surface area contributed by atoms with Crippen LogP contribution in [0.2, 0.25) is 5.02 Å². The van der Waals surface area contributed by atoms with Crippen molar-refractivity contribution < 1.29 is 14.3 Å². The topological polar surface area (TPSA) is 42.0 Å². The Labute approximate surface area is 207 Å². The average Bonchev–Trinajstić information content (AvgIpc) is 2.84. The van der Waals surface area contributed by atoms with Crippen molar-refractivity contribution in [3.63, 3.8) is 0 Å². The number of carbonyl (C=O) groups excluding carboxylic acids is 1. The third-order valence-electron chi connectivity index (χ3n) is 8.37. The highest BCUT2D eigenvalue weighted by atomic mass is 35.5. The first-order chi connectivity index (χ1) is 16.6. The smallest absolute Gasteiger partial charge is 0.255 e. The Kier molecular flexibility index (Phi) is 6.04. The summed E-state index contributed by atoms with van der Waals surface area (Å²) < 4.78 is 12.0. The molecular formula is C28H33ClN2O3. The minimum atomic E-state index is -0.0210. The van der Waals surface area contributed by atoms with Gasteiger partial charge in [0.2, 0.25) is 0 Å². The fraction of sp³-hybridized carbons (Fsp3) is 0.536. The lowest BCUT2D eigenvalue weighted by Gasteiger charge is -2.48. The van der Waals surface area contributed by atoms with E-state index in [1.54, 1.807) is 0 Å². The number of aryl methyl sites for hydroxylation is 1. The largest absolute Gasteiger partial charge is 0.487 e. The van der Waals surface area contributed by atoms with Gasteiger partial charge in [0, 0.05) is 32.2 Å². The molecule has 6 rings (SSSR count). The maximum atomic E-state index is 12.9. The highest BCUT2D eigenvalue weighted by Crippen LogP contribution is 2.42. The van der Waals surface area contributed by atoms with E-state index in [2.05, 4.69) is 23.1 Å². The number of hydrogen-bond acceptors (Lipinski definition) is 4. The van der Waals surface area contributed by atoms with Gasteiger partial charge < -0.3 is 19.3 Å². The second-order valence-electron chi connectivity index (χ2n) is 10.3. The number of piperidine rings is 1. The molecule has 1 saturated carbocycles. The normalized spacial score (nSPS) is 22.7. The lowest BCUT2D eigenvalue weighted by Crippen LogP contribution is -2.53. The Balaban J connectivity index is 1.15. The number of ether oxygens (including phenoxy) is 2. The van der Waals surface area contributed by atoms with E-state index in [4.69, 9.17) is 21.1 Å². The van der Waals surface area contributed by atoms with Gasteiger partial charge in [-0.1, -0.05) is 30.2 Å². The molecule has 2 aromatic rings. The fourth-order valence-corrected chi connectivity index (χ4v) is 6.17. The zero-order chi connectivity index (χ0) is 23.1. The second kappa shape index (κ2) is 9.18. The van der Waals surface area contributed by atoms with Gasteiger partial charge in [-0.05, 0) is 79.5 Å². The first-order valence-corrected chi connectivity index (χ1v) is 13.2. The first kappa shape index (κ1) is 22.4. The number of halogens is 1. The van der Waals surface area contributed by atoms with Crippen LogP contribution in [0.4, 0.5) is 0 Å². The van der Waals surface area contributed by atoms with Crippen LogP contribution in [0, 0.1) is 0 Å². The van der Waals surface area contributed by atoms with Gasteiger partial charge in [0.25, 0.3) is 5.91 Å². The van der Waals surface area contributed by atoms with Gasteiger partial charge in [-0.2, -0.15) is 0 Å². The fourth-order valence-electron chi connectivity index (χ4n) is 5.91. The van der Waals surface area contributed by atoms with Crippen molar-refractivity contribution in [3.05, 3.63) is 52.5 Å². The molecule has 3 heterocycles. The van der Waals surface area contributed by atoms with Crippen LogP contribution >= 0.6 is 11.6 Å². The number of amides is 1. The van der Waals surface area contributed by atoms with Crippen molar-refractivity contribution in [3.8, 4) is 16.9 Å². The highest BCUT2D eigenvalue weighted by Gasteiger charge is 2.41. The zero-order valence-electron chi connectivity index (χ0n) is 19.7. The Morgan fingerprint density at radius 1 is 0.941 bits per heavy atom. The molecule has 34 heavy (non-hydrogen) atoms. The summed E-state index contributed by atoms with van der Waals surface area (Å²) >= 11 is 6.58. The van der Waals surface area contributed by atoms with E-state index in [-0.39, 0.29) is 11.5 Å². The predicted molar refractivity (Wildman–Crippen MR) is 134 cm³/mol. The van der Waals surface area contributed by atoms with E-state index in [0.29, 0.717) is 36.9 Å². The first-order valence-electron chi connectivity index (χ1n) is 12.8. The van der Waals surface area contributed by atoms with Crippen LogP contribution in [-0.4, -0.2) is 66.7 Å². The van der Waals surface area contributed by atoms with E-state index in [1.165, 1.54) is 37.9 Å². The Hall–Kier alpha value is -2.08. The standard InChI is InChI=1S/C28H33ClN2O3/c29-25-19-21(4-6-24(25)27(32)31-14-16-33-17-15-31)20-5-7-26-22(18-20)8-9-28(34-26)10-12-30(13-11-28)23-2-1-3-23/h4-7,18-19,23H,1-3,8-17H2. The van der Waals surface area contributed by atoms with E-state index in [1.807, 2.05) is 23.1 Å². The van der Waals surface area contributed by atoms with E-state index >= 15 is 0 Å². The second-order valence-corrected chi connectivity index (χ2v) is 10.7. The summed E-state index contributed by atoms with van der Waals surface area (Å²) in [5.74, 6) is 1.02. The maximum Gasteiger partial charge on any atom is 0.255 e. The molecule has 2 aromatic carbocycles. The van der Waals surface area contributed by atoms with Gasteiger partial charge in [0.05, 0.1) is 23.8 Å². The SMILES string of the molecule is O=C(c1ccc(-c2ccc3c(c2)CCC2(CCN(C4CCC4)CC2)O3)cc1Cl)N1CCOCC1. The highest BCUT2D eigenvalue weighted by molar-refractivity contribution is 6.34. The zero-order valence-corrected chi connectivity index (χ0v) is 20.5. The molecule has 0 radical (unpaired) electrons. The number of hydrogen-bond donors (Lipinski definition) is 0. The lowest BCUT2D eigenvalue weighted by molar-refractivity contribution is -0.0336.